The van der Waals surface area contributed by atoms with E-state index in [1.54, 1.807) is 0 Å². The average molecular weight is 212 g/mol. The minimum Gasteiger partial charge on any atom is -0.508 e. The number of aliphatic hydroxyl groups is 1. The third-order valence-electron chi connectivity index (χ3n) is 1.90. The Morgan fingerprint density at radius 3 is 1.73 bits per heavy atom. The highest BCUT2D eigenvalue weighted by atomic mass is 16.4. The third kappa shape index (κ3) is 1.75. The first kappa shape index (κ1) is 11.0. The van der Waals surface area contributed by atoms with E-state index in [1.807, 2.05) is 0 Å². The fraction of sp³-hybridized carbons (Fsp3) is 0.111. The predicted molar refractivity (Wildman–Crippen MR) is 47.3 cm³/mol. The summed E-state index contributed by atoms with van der Waals surface area (Å²) in [7, 11) is 0. The molecule has 15 heavy (non-hydrogen) atoms. The molecule has 0 aliphatic heterocycles. The Hall–Kier alpha value is -2.08. The Kier molecular flexibility index (Phi) is 2.63. The Labute approximate surface area is 84.0 Å². The normalized spacial score (nSPS) is 11.0. The number of aliphatic carboxylic acids is 2. The summed E-state index contributed by atoms with van der Waals surface area (Å²) in [6, 6.07) is 4.23. The molecule has 0 aliphatic carbocycles. The average Bonchev–Trinajstić information content (AvgIpc) is 2.17. The molecule has 6 nitrogen and oxygen atoms in total. The lowest BCUT2D eigenvalue weighted by Crippen LogP contribution is -2.43. The lowest BCUT2D eigenvalue weighted by molar-refractivity contribution is -0.177. The van der Waals surface area contributed by atoms with Crippen LogP contribution >= 0.6 is 0 Å². The zero-order valence-corrected chi connectivity index (χ0v) is 7.41. The van der Waals surface area contributed by atoms with Crippen molar-refractivity contribution in [3.63, 3.8) is 0 Å². The van der Waals surface area contributed by atoms with Crippen LogP contribution in [0.1, 0.15) is 5.56 Å². The van der Waals surface area contributed by atoms with E-state index in [2.05, 4.69) is 0 Å². The summed E-state index contributed by atoms with van der Waals surface area (Å²) in [6.45, 7) is 0. The zero-order valence-electron chi connectivity index (χ0n) is 7.41. The van der Waals surface area contributed by atoms with Crippen LogP contribution < -0.4 is 0 Å². The van der Waals surface area contributed by atoms with Crippen LogP contribution in [-0.2, 0) is 15.2 Å². The van der Waals surface area contributed by atoms with Crippen molar-refractivity contribution in [3.05, 3.63) is 29.8 Å². The number of aromatic hydroxyl groups is 1. The van der Waals surface area contributed by atoms with Crippen LogP contribution in [0.15, 0.2) is 24.3 Å². The van der Waals surface area contributed by atoms with E-state index in [0.29, 0.717) is 0 Å². The van der Waals surface area contributed by atoms with Crippen molar-refractivity contribution in [2.45, 2.75) is 5.60 Å². The van der Waals surface area contributed by atoms with Crippen LogP contribution in [0.2, 0.25) is 0 Å². The number of carboxylic acids is 2. The summed E-state index contributed by atoms with van der Waals surface area (Å²) < 4.78 is 0. The molecule has 0 radical (unpaired) electrons. The molecule has 0 saturated heterocycles. The molecular formula is C9H8O6. The van der Waals surface area contributed by atoms with Gasteiger partial charge in [-0.1, -0.05) is 12.1 Å². The standard InChI is InChI=1S/C9H8O6/c10-6-3-1-5(2-4-6)9(15,7(11)12)8(13)14/h1-4,10,15H,(H,11,12)(H,13,14). The van der Waals surface area contributed by atoms with Crippen LogP contribution in [-0.4, -0.2) is 32.4 Å². The van der Waals surface area contributed by atoms with Crippen molar-refractivity contribution in [1.29, 1.82) is 0 Å². The molecule has 0 aromatic heterocycles. The number of carboxylic acid groups (broad SMARTS) is 2. The fourth-order valence-corrected chi connectivity index (χ4v) is 1.04. The molecule has 0 amide bonds. The first-order chi connectivity index (χ1) is 6.89. The molecule has 1 rings (SSSR count). The molecule has 0 unspecified atom stereocenters. The summed E-state index contributed by atoms with van der Waals surface area (Å²) in [5, 5.41) is 35.6. The second-order valence-electron chi connectivity index (χ2n) is 2.87. The number of rotatable bonds is 3. The summed E-state index contributed by atoms with van der Waals surface area (Å²) in [5.41, 5.74) is -3.33. The molecule has 0 heterocycles. The largest absolute Gasteiger partial charge is 0.508 e. The van der Waals surface area contributed by atoms with E-state index in [9.17, 15) is 14.7 Å². The Morgan fingerprint density at radius 1 is 1.00 bits per heavy atom. The van der Waals surface area contributed by atoms with Gasteiger partial charge in [-0.25, -0.2) is 9.59 Å². The van der Waals surface area contributed by atoms with Crippen LogP contribution in [0.4, 0.5) is 0 Å². The van der Waals surface area contributed by atoms with Gasteiger partial charge in [0.25, 0.3) is 5.60 Å². The Balaban J connectivity index is 3.28. The summed E-state index contributed by atoms with van der Waals surface area (Å²) in [6.07, 6.45) is 0. The van der Waals surface area contributed by atoms with E-state index in [0.717, 1.165) is 24.3 Å². The van der Waals surface area contributed by atoms with E-state index < -0.39 is 17.5 Å². The van der Waals surface area contributed by atoms with Crippen LogP contribution in [0, 0.1) is 0 Å². The third-order valence-corrected chi connectivity index (χ3v) is 1.90. The summed E-state index contributed by atoms with van der Waals surface area (Å²) in [4.78, 5) is 21.3. The maximum Gasteiger partial charge on any atom is 0.352 e. The number of phenols is 1. The van der Waals surface area contributed by atoms with Crippen molar-refractivity contribution in [3.8, 4) is 5.75 Å². The van der Waals surface area contributed by atoms with Gasteiger partial charge >= 0.3 is 11.9 Å². The topological polar surface area (TPSA) is 115 Å². The molecule has 1 aromatic carbocycles. The first-order valence-electron chi connectivity index (χ1n) is 3.87. The number of phenolic OH excluding ortho intramolecular Hbond substituents is 1. The monoisotopic (exact) mass is 212 g/mol. The van der Waals surface area contributed by atoms with Gasteiger partial charge < -0.3 is 20.4 Å². The molecule has 0 bridgehead atoms. The van der Waals surface area contributed by atoms with Crippen LogP contribution in [0.5, 0.6) is 5.75 Å². The summed E-state index contributed by atoms with van der Waals surface area (Å²) in [5.74, 6) is -3.93. The van der Waals surface area contributed by atoms with Gasteiger partial charge in [0.1, 0.15) is 5.75 Å². The Morgan fingerprint density at radius 2 is 1.40 bits per heavy atom. The highest BCUT2D eigenvalue weighted by Gasteiger charge is 2.46. The minimum atomic E-state index is -2.99. The molecule has 0 atom stereocenters. The quantitative estimate of drug-likeness (QED) is 0.513. The number of hydrogen-bond acceptors (Lipinski definition) is 4. The van der Waals surface area contributed by atoms with Crippen molar-refractivity contribution in [2.75, 3.05) is 0 Å². The van der Waals surface area contributed by atoms with Crippen molar-refractivity contribution < 1.29 is 30.0 Å². The second kappa shape index (κ2) is 3.58. The van der Waals surface area contributed by atoms with Crippen molar-refractivity contribution >= 4 is 11.9 Å². The van der Waals surface area contributed by atoms with Crippen LogP contribution in [0.25, 0.3) is 0 Å². The molecule has 0 fully saturated rings. The highest BCUT2D eigenvalue weighted by Crippen LogP contribution is 2.23. The lowest BCUT2D eigenvalue weighted by Gasteiger charge is -2.18. The molecule has 6 heteroatoms. The number of hydrogen-bond donors (Lipinski definition) is 4. The fourth-order valence-electron chi connectivity index (χ4n) is 1.04. The SMILES string of the molecule is O=C(O)C(O)(C(=O)O)c1ccc(O)cc1. The molecule has 4 N–H and O–H groups in total. The highest BCUT2D eigenvalue weighted by molar-refractivity contribution is 6.02. The van der Waals surface area contributed by atoms with Gasteiger partial charge in [0.15, 0.2) is 0 Å². The smallest absolute Gasteiger partial charge is 0.352 e. The predicted octanol–water partition coefficient (Wildman–Crippen LogP) is -0.251. The molecular weight excluding hydrogens is 204 g/mol. The van der Waals surface area contributed by atoms with E-state index in [4.69, 9.17) is 15.3 Å². The van der Waals surface area contributed by atoms with Crippen LogP contribution in [0.3, 0.4) is 0 Å². The number of carbonyl (C=O) groups is 2. The molecule has 80 valence electrons. The first-order valence-corrected chi connectivity index (χ1v) is 3.87. The lowest BCUT2D eigenvalue weighted by atomic mass is 9.94. The van der Waals surface area contributed by atoms with Gasteiger partial charge in [0.05, 0.1) is 0 Å². The number of benzene rings is 1. The van der Waals surface area contributed by atoms with Gasteiger partial charge in [-0.3, -0.25) is 0 Å². The van der Waals surface area contributed by atoms with Gasteiger partial charge in [-0.05, 0) is 12.1 Å². The summed E-state index contributed by atoms with van der Waals surface area (Å²) >= 11 is 0. The van der Waals surface area contributed by atoms with E-state index in [-0.39, 0.29) is 11.3 Å². The van der Waals surface area contributed by atoms with Gasteiger partial charge in [-0.15, -0.1) is 0 Å². The van der Waals surface area contributed by atoms with Crippen molar-refractivity contribution in [1.82, 2.24) is 0 Å². The maximum atomic E-state index is 10.7. The minimum absolute atomic E-state index is 0.156. The van der Waals surface area contributed by atoms with Gasteiger partial charge in [0.2, 0.25) is 0 Å². The Bertz CT molecular complexity index is 380. The van der Waals surface area contributed by atoms with E-state index in [1.165, 1.54) is 0 Å². The second-order valence-corrected chi connectivity index (χ2v) is 2.87. The van der Waals surface area contributed by atoms with Gasteiger partial charge in [0, 0.05) is 5.56 Å². The zero-order chi connectivity index (χ0) is 11.6. The molecule has 0 saturated carbocycles. The van der Waals surface area contributed by atoms with Gasteiger partial charge in [-0.2, -0.15) is 0 Å². The molecule has 0 spiro atoms. The molecule has 1 aromatic rings. The maximum absolute atomic E-state index is 10.7. The van der Waals surface area contributed by atoms with Crippen molar-refractivity contribution in [2.24, 2.45) is 0 Å². The molecule has 0 aliphatic rings. The van der Waals surface area contributed by atoms with E-state index >= 15 is 0 Å².